The molecular weight excluding hydrogens is 188 g/mol. The number of hydrogen-bond donors (Lipinski definition) is 1. The summed E-state index contributed by atoms with van der Waals surface area (Å²) in [6.07, 6.45) is 4.14. The fourth-order valence-electron chi connectivity index (χ4n) is 2.26. The first kappa shape index (κ1) is 8.96. The second-order valence-corrected chi connectivity index (χ2v) is 4.79. The first-order valence-corrected chi connectivity index (χ1v) is 5.56. The molecule has 0 saturated heterocycles. The average Bonchev–Trinajstić information content (AvgIpc) is 3.11. The Morgan fingerprint density at radius 3 is 2.60 bits per heavy atom. The van der Waals surface area contributed by atoms with E-state index in [0.717, 1.165) is 18.4 Å². The predicted molar refractivity (Wildman–Crippen MR) is 57.0 cm³/mol. The molecule has 2 aliphatic carbocycles. The maximum Gasteiger partial charge on any atom is 0.314 e. The van der Waals surface area contributed by atoms with Gasteiger partial charge in [-0.15, -0.1) is 0 Å². The van der Waals surface area contributed by atoms with Crippen molar-refractivity contribution < 1.29 is 9.90 Å². The normalized spacial score (nSPS) is 22.4. The van der Waals surface area contributed by atoms with Gasteiger partial charge < -0.3 is 5.11 Å². The van der Waals surface area contributed by atoms with Crippen molar-refractivity contribution in [3.05, 3.63) is 35.4 Å². The van der Waals surface area contributed by atoms with Crippen LogP contribution in [-0.4, -0.2) is 11.1 Å². The van der Waals surface area contributed by atoms with Crippen molar-refractivity contribution in [2.75, 3.05) is 0 Å². The van der Waals surface area contributed by atoms with E-state index in [1.807, 2.05) is 12.1 Å². The summed E-state index contributed by atoms with van der Waals surface area (Å²) in [7, 11) is 0. The molecule has 0 bridgehead atoms. The summed E-state index contributed by atoms with van der Waals surface area (Å²) in [5.41, 5.74) is 1.81. The SMILES string of the molecule is O=C(O)C1(c2cccc(C3CC3)c2)CC1. The minimum Gasteiger partial charge on any atom is -0.481 e. The highest BCUT2D eigenvalue weighted by molar-refractivity contribution is 5.84. The molecule has 0 heterocycles. The third kappa shape index (κ3) is 1.36. The number of aliphatic carboxylic acids is 1. The highest BCUT2D eigenvalue weighted by atomic mass is 16.4. The van der Waals surface area contributed by atoms with Crippen molar-refractivity contribution >= 4 is 5.97 Å². The topological polar surface area (TPSA) is 37.3 Å². The molecule has 0 atom stereocenters. The Balaban J connectivity index is 1.97. The van der Waals surface area contributed by atoms with Gasteiger partial charge in [0.2, 0.25) is 0 Å². The molecule has 1 aromatic carbocycles. The maximum atomic E-state index is 11.2. The van der Waals surface area contributed by atoms with Crippen LogP contribution < -0.4 is 0 Å². The van der Waals surface area contributed by atoms with Crippen LogP contribution in [0, 0.1) is 0 Å². The summed E-state index contributed by atoms with van der Waals surface area (Å²) in [4.78, 5) is 11.2. The van der Waals surface area contributed by atoms with E-state index in [1.165, 1.54) is 18.4 Å². The van der Waals surface area contributed by atoms with E-state index < -0.39 is 11.4 Å². The summed E-state index contributed by atoms with van der Waals surface area (Å²) in [6, 6.07) is 8.21. The Hall–Kier alpha value is -1.31. The van der Waals surface area contributed by atoms with E-state index in [9.17, 15) is 9.90 Å². The van der Waals surface area contributed by atoms with Gasteiger partial charge in [-0.2, -0.15) is 0 Å². The molecule has 0 spiro atoms. The average molecular weight is 202 g/mol. The van der Waals surface area contributed by atoms with Gasteiger partial charge in [0.1, 0.15) is 0 Å². The van der Waals surface area contributed by atoms with Crippen molar-refractivity contribution in [3.8, 4) is 0 Å². The Labute approximate surface area is 88.9 Å². The Kier molecular flexibility index (Phi) is 1.70. The van der Waals surface area contributed by atoms with Crippen molar-refractivity contribution in [2.24, 2.45) is 0 Å². The van der Waals surface area contributed by atoms with E-state index in [-0.39, 0.29) is 0 Å². The maximum absolute atomic E-state index is 11.2. The van der Waals surface area contributed by atoms with E-state index in [0.29, 0.717) is 5.92 Å². The van der Waals surface area contributed by atoms with Crippen molar-refractivity contribution in [1.29, 1.82) is 0 Å². The molecule has 2 aliphatic rings. The highest BCUT2D eigenvalue weighted by Crippen LogP contribution is 2.50. The molecule has 2 heteroatoms. The second kappa shape index (κ2) is 2.84. The van der Waals surface area contributed by atoms with Crippen molar-refractivity contribution in [3.63, 3.8) is 0 Å². The second-order valence-electron chi connectivity index (χ2n) is 4.79. The van der Waals surface area contributed by atoms with Crippen LogP contribution in [0.5, 0.6) is 0 Å². The van der Waals surface area contributed by atoms with Crippen LogP contribution in [0.2, 0.25) is 0 Å². The Morgan fingerprint density at radius 2 is 2.07 bits per heavy atom. The molecule has 0 unspecified atom stereocenters. The fourth-order valence-corrected chi connectivity index (χ4v) is 2.26. The smallest absolute Gasteiger partial charge is 0.314 e. The summed E-state index contributed by atoms with van der Waals surface area (Å²) in [5.74, 6) is 0.0463. The molecule has 15 heavy (non-hydrogen) atoms. The van der Waals surface area contributed by atoms with Gasteiger partial charge in [0.25, 0.3) is 0 Å². The molecule has 1 N–H and O–H groups in total. The number of carboxylic acids is 1. The van der Waals surface area contributed by atoms with Gasteiger partial charge in [-0.25, -0.2) is 0 Å². The molecule has 1 aromatic rings. The van der Waals surface area contributed by atoms with E-state index in [4.69, 9.17) is 0 Å². The highest BCUT2D eigenvalue weighted by Gasteiger charge is 2.51. The molecule has 0 radical (unpaired) electrons. The monoisotopic (exact) mass is 202 g/mol. The molecule has 2 fully saturated rings. The first-order chi connectivity index (χ1) is 7.22. The largest absolute Gasteiger partial charge is 0.481 e. The molecular formula is C13H14O2. The van der Waals surface area contributed by atoms with Crippen LogP contribution >= 0.6 is 0 Å². The Bertz CT molecular complexity index is 414. The summed E-state index contributed by atoms with van der Waals surface area (Å²) >= 11 is 0. The summed E-state index contributed by atoms with van der Waals surface area (Å²) in [6.45, 7) is 0. The number of benzene rings is 1. The van der Waals surface area contributed by atoms with Crippen molar-refractivity contribution in [1.82, 2.24) is 0 Å². The number of hydrogen-bond acceptors (Lipinski definition) is 1. The van der Waals surface area contributed by atoms with Crippen LogP contribution in [0.25, 0.3) is 0 Å². The van der Waals surface area contributed by atoms with Gasteiger partial charge in [0.15, 0.2) is 0 Å². The predicted octanol–water partition coefficient (Wildman–Crippen LogP) is 2.68. The third-order valence-electron chi connectivity index (χ3n) is 3.65. The van der Waals surface area contributed by atoms with Gasteiger partial charge in [-0.1, -0.05) is 24.3 Å². The van der Waals surface area contributed by atoms with Crippen LogP contribution in [0.3, 0.4) is 0 Å². The lowest BCUT2D eigenvalue weighted by molar-refractivity contribution is -0.140. The van der Waals surface area contributed by atoms with Crippen LogP contribution in [0.4, 0.5) is 0 Å². The lowest BCUT2D eigenvalue weighted by Crippen LogP contribution is -2.19. The quantitative estimate of drug-likeness (QED) is 0.818. The van der Waals surface area contributed by atoms with Gasteiger partial charge in [-0.05, 0) is 42.7 Å². The minimum absolute atomic E-state index is 0.537. The molecule has 0 aliphatic heterocycles. The lowest BCUT2D eigenvalue weighted by Gasteiger charge is -2.11. The molecule has 0 aromatic heterocycles. The number of carboxylic acid groups (broad SMARTS) is 1. The fraction of sp³-hybridized carbons (Fsp3) is 0.462. The summed E-state index contributed by atoms with van der Waals surface area (Å²) in [5, 5.41) is 9.20. The lowest BCUT2D eigenvalue weighted by atomic mass is 9.93. The van der Waals surface area contributed by atoms with E-state index >= 15 is 0 Å². The van der Waals surface area contributed by atoms with Gasteiger partial charge >= 0.3 is 5.97 Å². The molecule has 2 nitrogen and oxygen atoms in total. The zero-order chi connectivity index (χ0) is 10.5. The molecule has 78 valence electrons. The van der Waals surface area contributed by atoms with Crippen LogP contribution in [0.1, 0.15) is 42.7 Å². The first-order valence-electron chi connectivity index (χ1n) is 5.56. The van der Waals surface area contributed by atoms with E-state index in [1.54, 1.807) is 0 Å². The van der Waals surface area contributed by atoms with Crippen molar-refractivity contribution in [2.45, 2.75) is 37.0 Å². The molecule has 3 rings (SSSR count). The zero-order valence-electron chi connectivity index (χ0n) is 8.57. The molecule has 0 amide bonds. The third-order valence-corrected chi connectivity index (χ3v) is 3.65. The molecule has 2 saturated carbocycles. The Morgan fingerprint density at radius 1 is 1.33 bits per heavy atom. The van der Waals surface area contributed by atoms with Gasteiger partial charge in [0, 0.05) is 0 Å². The van der Waals surface area contributed by atoms with Gasteiger partial charge in [-0.3, -0.25) is 4.79 Å². The van der Waals surface area contributed by atoms with Crippen LogP contribution in [-0.2, 0) is 10.2 Å². The standard InChI is InChI=1S/C13H14O2/c14-12(15)13(6-7-13)11-3-1-2-10(8-11)9-4-5-9/h1-3,8-9H,4-7H2,(H,14,15). The number of rotatable bonds is 3. The minimum atomic E-state index is -0.657. The summed E-state index contributed by atoms with van der Waals surface area (Å²) < 4.78 is 0. The zero-order valence-corrected chi connectivity index (χ0v) is 8.57. The van der Waals surface area contributed by atoms with E-state index in [2.05, 4.69) is 12.1 Å². The van der Waals surface area contributed by atoms with Gasteiger partial charge in [0.05, 0.1) is 5.41 Å². The number of carbonyl (C=O) groups is 1. The van der Waals surface area contributed by atoms with Crippen LogP contribution in [0.15, 0.2) is 24.3 Å².